The summed E-state index contributed by atoms with van der Waals surface area (Å²) in [6.45, 7) is 8.67. The largest absolute Gasteiger partial charge is 0.348 e. The molecule has 1 heterocycles. The van der Waals surface area contributed by atoms with E-state index in [1.165, 1.54) is 5.56 Å². The minimum atomic E-state index is -0.411. The Balaban J connectivity index is 1.59. The second-order valence-corrected chi connectivity index (χ2v) is 7.97. The number of rotatable bonds is 9. The zero-order valence-corrected chi connectivity index (χ0v) is 16.5. The maximum Gasteiger partial charge on any atom is 0.254 e. The average Bonchev–Trinajstić information content (AvgIpc) is 3.38. The average molecular weight is 360 g/mol. The number of nitrogens with zero attached hydrogens (tertiary/aromatic N) is 1. The fraction of sp³-hybridized carbons (Fsp3) is 0.682. The number of carbonyl (C=O) groups is 1. The highest BCUT2D eigenvalue weighted by Crippen LogP contribution is 2.32. The van der Waals surface area contributed by atoms with Crippen LogP contribution in [0.2, 0.25) is 0 Å². The fourth-order valence-electron chi connectivity index (χ4n) is 3.82. The Morgan fingerprint density at radius 1 is 1.15 bits per heavy atom. The van der Waals surface area contributed by atoms with E-state index in [2.05, 4.69) is 37.8 Å². The molecule has 0 N–H and O–H groups in total. The lowest BCUT2D eigenvalue weighted by Crippen LogP contribution is -2.36. The van der Waals surface area contributed by atoms with Crippen LogP contribution < -0.4 is 0 Å². The van der Waals surface area contributed by atoms with Crippen molar-refractivity contribution < 1.29 is 14.3 Å². The highest BCUT2D eigenvalue weighted by atomic mass is 16.7. The van der Waals surface area contributed by atoms with Gasteiger partial charge in [0.1, 0.15) is 0 Å². The first-order chi connectivity index (χ1) is 12.5. The van der Waals surface area contributed by atoms with Gasteiger partial charge in [0.2, 0.25) is 0 Å². The Kier molecular flexibility index (Phi) is 6.36. The van der Waals surface area contributed by atoms with Gasteiger partial charge in [-0.3, -0.25) is 4.79 Å². The molecule has 3 rings (SSSR count). The number of carbonyl (C=O) groups excluding carboxylic acids is 1. The molecule has 1 aliphatic heterocycles. The van der Waals surface area contributed by atoms with Crippen molar-refractivity contribution in [3.8, 4) is 0 Å². The Morgan fingerprint density at radius 2 is 1.81 bits per heavy atom. The Bertz CT molecular complexity index is 586. The quantitative estimate of drug-likeness (QED) is 0.639. The van der Waals surface area contributed by atoms with E-state index in [4.69, 9.17) is 9.47 Å². The van der Waals surface area contributed by atoms with Gasteiger partial charge in [0.25, 0.3) is 5.91 Å². The van der Waals surface area contributed by atoms with Crippen molar-refractivity contribution in [3.63, 3.8) is 0 Å². The van der Waals surface area contributed by atoms with E-state index in [9.17, 15) is 4.79 Å². The molecule has 4 nitrogen and oxygen atoms in total. The van der Waals surface area contributed by atoms with Gasteiger partial charge in [0.05, 0.1) is 13.2 Å². The van der Waals surface area contributed by atoms with E-state index in [0.29, 0.717) is 25.2 Å². The molecule has 144 valence electrons. The molecule has 2 aliphatic rings. The van der Waals surface area contributed by atoms with E-state index < -0.39 is 5.79 Å². The summed E-state index contributed by atoms with van der Waals surface area (Å²) in [5.41, 5.74) is 2.08. The molecule has 0 radical (unpaired) electrons. The van der Waals surface area contributed by atoms with Crippen molar-refractivity contribution >= 4 is 5.91 Å². The lowest BCUT2D eigenvalue weighted by Gasteiger charge is -2.29. The minimum Gasteiger partial charge on any atom is -0.348 e. The van der Waals surface area contributed by atoms with Gasteiger partial charge >= 0.3 is 0 Å². The zero-order valence-electron chi connectivity index (χ0n) is 16.5. The Hall–Kier alpha value is -1.39. The van der Waals surface area contributed by atoms with Gasteiger partial charge in [0, 0.05) is 31.0 Å². The molecule has 1 saturated heterocycles. The molecule has 1 aromatic carbocycles. The van der Waals surface area contributed by atoms with Crippen LogP contribution in [0.15, 0.2) is 24.3 Å². The molecule has 26 heavy (non-hydrogen) atoms. The van der Waals surface area contributed by atoms with Crippen LogP contribution in [0, 0.1) is 0 Å². The van der Waals surface area contributed by atoms with E-state index in [1.54, 1.807) is 0 Å². The number of ether oxygens (including phenoxy) is 2. The predicted octanol–water partition coefficient (Wildman–Crippen LogP) is 4.74. The molecule has 0 bridgehead atoms. The third kappa shape index (κ3) is 4.66. The van der Waals surface area contributed by atoms with Gasteiger partial charge in [0.15, 0.2) is 5.79 Å². The predicted molar refractivity (Wildman–Crippen MR) is 103 cm³/mol. The van der Waals surface area contributed by atoms with Crippen molar-refractivity contribution in [3.05, 3.63) is 35.4 Å². The van der Waals surface area contributed by atoms with Crippen molar-refractivity contribution in [2.24, 2.45) is 0 Å². The van der Waals surface area contributed by atoms with Gasteiger partial charge in [-0.2, -0.15) is 0 Å². The molecule has 0 spiro atoms. The lowest BCUT2D eigenvalue weighted by atomic mass is 10.0. The second kappa shape index (κ2) is 8.53. The first-order valence-electron chi connectivity index (χ1n) is 10.2. The lowest BCUT2D eigenvalue weighted by molar-refractivity contribution is -0.168. The van der Waals surface area contributed by atoms with Crippen LogP contribution in [0.1, 0.15) is 81.1 Å². The van der Waals surface area contributed by atoms with E-state index >= 15 is 0 Å². The van der Waals surface area contributed by atoms with Gasteiger partial charge in [-0.1, -0.05) is 39.3 Å². The van der Waals surface area contributed by atoms with Crippen molar-refractivity contribution in [1.82, 2.24) is 4.90 Å². The summed E-state index contributed by atoms with van der Waals surface area (Å²) in [5.74, 6) is 0.242. The molecule has 0 atom stereocenters. The molecule has 4 heteroatoms. The number of benzene rings is 1. The first kappa shape index (κ1) is 19.4. The maximum absolute atomic E-state index is 13.0. The second-order valence-electron chi connectivity index (χ2n) is 7.97. The SMILES string of the molecule is CCCC1(CCCN(C(=O)c2ccc(C(C)C)cc2)C2CC2)OCCO1. The van der Waals surface area contributed by atoms with Crippen LogP contribution in [-0.2, 0) is 9.47 Å². The third-order valence-electron chi connectivity index (χ3n) is 5.47. The molecule has 1 aliphatic carbocycles. The van der Waals surface area contributed by atoms with Gasteiger partial charge in [-0.25, -0.2) is 0 Å². The number of hydrogen-bond donors (Lipinski definition) is 0. The molecule has 0 aromatic heterocycles. The van der Waals surface area contributed by atoms with Crippen LogP contribution in [0.3, 0.4) is 0 Å². The number of amides is 1. The van der Waals surface area contributed by atoms with Crippen LogP contribution >= 0.6 is 0 Å². The van der Waals surface area contributed by atoms with Crippen LogP contribution in [0.25, 0.3) is 0 Å². The normalized spacial score (nSPS) is 19.1. The standard InChI is InChI=1S/C22H33NO3/c1-4-12-22(25-15-16-26-22)13-5-14-23(20-10-11-20)21(24)19-8-6-18(7-9-19)17(2)3/h6-9,17,20H,4-5,10-16H2,1-3H3. The molecule has 1 amide bonds. The summed E-state index contributed by atoms with van der Waals surface area (Å²) >= 11 is 0. The van der Waals surface area contributed by atoms with Crippen molar-refractivity contribution in [1.29, 1.82) is 0 Å². The summed E-state index contributed by atoms with van der Waals surface area (Å²) in [4.78, 5) is 15.1. The first-order valence-corrected chi connectivity index (χ1v) is 10.2. The smallest absolute Gasteiger partial charge is 0.254 e. The molecule has 1 saturated carbocycles. The summed E-state index contributed by atoms with van der Waals surface area (Å²) in [6, 6.07) is 8.54. The van der Waals surface area contributed by atoms with Gasteiger partial charge in [-0.15, -0.1) is 0 Å². The molecular weight excluding hydrogens is 326 g/mol. The van der Waals surface area contributed by atoms with Crippen LogP contribution in [0.5, 0.6) is 0 Å². The molecule has 0 unspecified atom stereocenters. The van der Waals surface area contributed by atoms with Crippen LogP contribution in [-0.4, -0.2) is 42.4 Å². The maximum atomic E-state index is 13.0. The topological polar surface area (TPSA) is 38.8 Å². The van der Waals surface area contributed by atoms with Gasteiger partial charge in [-0.05, 0) is 42.9 Å². The molecule has 2 fully saturated rings. The van der Waals surface area contributed by atoms with Crippen molar-refractivity contribution in [2.75, 3.05) is 19.8 Å². The highest BCUT2D eigenvalue weighted by molar-refractivity contribution is 5.94. The van der Waals surface area contributed by atoms with Gasteiger partial charge < -0.3 is 14.4 Å². The monoisotopic (exact) mass is 359 g/mol. The summed E-state index contributed by atoms with van der Waals surface area (Å²) in [7, 11) is 0. The Labute approximate surface area is 157 Å². The number of hydrogen-bond acceptors (Lipinski definition) is 3. The highest BCUT2D eigenvalue weighted by Gasteiger charge is 2.37. The van der Waals surface area contributed by atoms with Crippen molar-refractivity contribution in [2.45, 2.75) is 77.0 Å². The minimum absolute atomic E-state index is 0.167. The van der Waals surface area contributed by atoms with E-state index in [-0.39, 0.29) is 5.91 Å². The summed E-state index contributed by atoms with van der Waals surface area (Å²) in [6.07, 6.45) is 6.02. The summed E-state index contributed by atoms with van der Waals surface area (Å²) in [5, 5.41) is 0. The van der Waals surface area contributed by atoms with Crippen LogP contribution in [0.4, 0.5) is 0 Å². The summed E-state index contributed by atoms with van der Waals surface area (Å²) < 4.78 is 11.8. The zero-order chi connectivity index (χ0) is 18.6. The molecule has 1 aromatic rings. The van der Waals surface area contributed by atoms with E-state index in [1.807, 2.05) is 12.1 Å². The third-order valence-corrected chi connectivity index (χ3v) is 5.47. The fourth-order valence-corrected chi connectivity index (χ4v) is 3.82. The Morgan fingerprint density at radius 3 is 2.35 bits per heavy atom. The molecular formula is C22H33NO3. The van der Waals surface area contributed by atoms with E-state index in [0.717, 1.165) is 50.6 Å².